The molecule has 1 aromatic heterocycles. The monoisotopic (exact) mass is 396 g/mol. The fraction of sp³-hybridized carbons (Fsp3) is 0.500. The maximum atomic E-state index is 13.0. The van der Waals surface area contributed by atoms with Gasteiger partial charge in [-0.05, 0) is 51.2 Å². The number of carbonyl (C=O) groups is 2. The van der Waals surface area contributed by atoms with Crippen LogP contribution in [0.5, 0.6) is 0 Å². The number of para-hydroxylation sites is 1. The number of likely N-dealkylation sites (tertiary alicyclic amines) is 1. The molecule has 2 fully saturated rings. The highest BCUT2D eigenvalue weighted by Crippen LogP contribution is 2.42. The summed E-state index contributed by atoms with van der Waals surface area (Å²) in [5, 5.41) is 7.72. The van der Waals surface area contributed by atoms with E-state index in [0.29, 0.717) is 31.2 Å². The molecule has 2 heterocycles. The molecule has 0 bridgehead atoms. The molecule has 1 aromatic carbocycles. The molecule has 1 aliphatic carbocycles. The van der Waals surface area contributed by atoms with Gasteiger partial charge in [0.05, 0.1) is 29.7 Å². The van der Waals surface area contributed by atoms with Crippen LogP contribution in [0.1, 0.15) is 60.1 Å². The predicted molar refractivity (Wildman–Crippen MR) is 109 cm³/mol. The SMILES string of the molecule is CCOC(=O)N1CCC(NC(=O)c2cnn(-c3ccccc3C)c2C2CC2)CC1. The van der Waals surface area contributed by atoms with Crippen LogP contribution in [0.3, 0.4) is 0 Å². The number of aromatic nitrogens is 2. The molecule has 1 aliphatic heterocycles. The second kappa shape index (κ2) is 8.27. The molecule has 154 valence electrons. The van der Waals surface area contributed by atoms with Crippen LogP contribution in [0.4, 0.5) is 4.79 Å². The highest BCUT2D eigenvalue weighted by atomic mass is 16.6. The predicted octanol–water partition coefficient (Wildman–Crippen LogP) is 3.41. The zero-order chi connectivity index (χ0) is 20.4. The van der Waals surface area contributed by atoms with Crippen molar-refractivity contribution in [2.24, 2.45) is 0 Å². The molecule has 1 saturated carbocycles. The van der Waals surface area contributed by atoms with E-state index in [2.05, 4.69) is 23.4 Å². The Morgan fingerprint density at radius 2 is 1.90 bits per heavy atom. The van der Waals surface area contributed by atoms with E-state index in [9.17, 15) is 9.59 Å². The lowest BCUT2D eigenvalue weighted by Gasteiger charge is -2.31. The number of aryl methyl sites for hydroxylation is 1. The number of rotatable bonds is 5. The Morgan fingerprint density at radius 1 is 1.17 bits per heavy atom. The maximum absolute atomic E-state index is 13.0. The standard InChI is InChI=1S/C22H28N4O3/c1-3-29-22(28)25-12-10-17(11-13-25)24-21(27)18-14-23-26(20(18)16-8-9-16)19-7-5-4-6-15(19)2/h4-7,14,16-17H,3,8-13H2,1-2H3,(H,24,27). The Bertz CT molecular complexity index is 895. The quantitative estimate of drug-likeness (QED) is 0.840. The number of hydrogen-bond donors (Lipinski definition) is 1. The van der Waals surface area contributed by atoms with Crippen LogP contribution in [0.15, 0.2) is 30.5 Å². The van der Waals surface area contributed by atoms with E-state index in [1.165, 1.54) is 0 Å². The van der Waals surface area contributed by atoms with E-state index in [4.69, 9.17) is 4.74 Å². The molecule has 2 amide bonds. The van der Waals surface area contributed by atoms with Crippen LogP contribution in [0.25, 0.3) is 5.69 Å². The number of piperidine rings is 1. The van der Waals surface area contributed by atoms with Gasteiger partial charge in [-0.3, -0.25) is 4.79 Å². The van der Waals surface area contributed by atoms with Crippen molar-refractivity contribution >= 4 is 12.0 Å². The second-order valence-electron chi connectivity index (χ2n) is 7.85. The van der Waals surface area contributed by atoms with Crippen LogP contribution in [0, 0.1) is 6.92 Å². The third kappa shape index (κ3) is 4.13. The zero-order valence-corrected chi connectivity index (χ0v) is 17.1. The number of hydrogen-bond acceptors (Lipinski definition) is 4. The minimum atomic E-state index is -0.271. The van der Waals surface area contributed by atoms with Crippen molar-refractivity contribution in [3.63, 3.8) is 0 Å². The Hall–Kier alpha value is -2.83. The Balaban J connectivity index is 1.46. The maximum Gasteiger partial charge on any atom is 0.409 e. The lowest BCUT2D eigenvalue weighted by molar-refractivity contribution is 0.0859. The lowest BCUT2D eigenvalue weighted by Crippen LogP contribution is -2.46. The van der Waals surface area contributed by atoms with E-state index >= 15 is 0 Å². The summed E-state index contributed by atoms with van der Waals surface area (Å²) in [6, 6.07) is 8.17. The normalized spacial score (nSPS) is 17.2. The molecule has 2 aliphatic rings. The van der Waals surface area contributed by atoms with Gasteiger partial charge in [0, 0.05) is 25.0 Å². The fourth-order valence-electron chi connectivity index (χ4n) is 3.96. The summed E-state index contributed by atoms with van der Waals surface area (Å²) in [4.78, 5) is 26.6. The average Bonchev–Trinajstić information content (AvgIpc) is 3.47. The van der Waals surface area contributed by atoms with Gasteiger partial charge in [0.1, 0.15) is 0 Å². The number of amides is 2. The van der Waals surface area contributed by atoms with Crippen LogP contribution < -0.4 is 5.32 Å². The largest absolute Gasteiger partial charge is 0.450 e. The van der Waals surface area contributed by atoms with Gasteiger partial charge in [0.25, 0.3) is 5.91 Å². The highest BCUT2D eigenvalue weighted by molar-refractivity contribution is 5.95. The molecule has 7 heteroatoms. The molecule has 1 saturated heterocycles. The van der Waals surface area contributed by atoms with Crippen LogP contribution in [-0.2, 0) is 4.74 Å². The summed E-state index contributed by atoms with van der Waals surface area (Å²) < 4.78 is 6.99. The molecule has 0 radical (unpaired) electrons. The Kier molecular flexibility index (Phi) is 5.56. The first-order valence-corrected chi connectivity index (χ1v) is 10.4. The average molecular weight is 396 g/mol. The number of nitrogens with zero attached hydrogens (tertiary/aromatic N) is 3. The first-order chi connectivity index (χ1) is 14.1. The van der Waals surface area contributed by atoms with E-state index < -0.39 is 0 Å². The first kappa shape index (κ1) is 19.5. The van der Waals surface area contributed by atoms with Crippen molar-refractivity contribution in [2.75, 3.05) is 19.7 Å². The number of nitrogens with one attached hydrogen (secondary N) is 1. The van der Waals surface area contributed by atoms with Gasteiger partial charge >= 0.3 is 6.09 Å². The molecular formula is C22H28N4O3. The number of ether oxygens (including phenoxy) is 1. The topological polar surface area (TPSA) is 76.5 Å². The summed E-state index contributed by atoms with van der Waals surface area (Å²) in [5.41, 5.74) is 3.84. The van der Waals surface area contributed by atoms with Gasteiger partial charge in [-0.25, -0.2) is 9.48 Å². The van der Waals surface area contributed by atoms with Gasteiger partial charge in [-0.15, -0.1) is 0 Å². The van der Waals surface area contributed by atoms with Gasteiger partial charge in [0.15, 0.2) is 0 Å². The van der Waals surface area contributed by atoms with Gasteiger partial charge in [-0.2, -0.15) is 5.10 Å². The highest BCUT2D eigenvalue weighted by Gasteiger charge is 2.34. The number of carbonyl (C=O) groups excluding carboxylic acids is 2. The molecule has 29 heavy (non-hydrogen) atoms. The smallest absolute Gasteiger partial charge is 0.409 e. The fourth-order valence-corrected chi connectivity index (χ4v) is 3.96. The summed E-state index contributed by atoms with van der Waals surface area (Å²) in [7, 11) is 0. The third-order valence-electron chi connectivity index (χ3n) is 5.71. The lowest BCUT2D eigenvalue weighted by atomic mass is 10.0. The van der Waals surface area contributed by atoms with E-state index in [1.807, 2.05) is 22.9 Å². The zero-order valence-electron chi connectivity index (χ0n) is 17.1. The molecule has 0 atom stereocenters. The van der Waals surface area contributed by atoms with Crippen LogP contribution in [-0.4, -0.2) is 52.4 Å². The van der Waals surface area contributed by atoms with Crippen molar-refractivity contribution in [3.05, 3.63) is 47.3 Å². The van der Waals surface area contributed by atoms with Crippen molar-refractivity contribution < 1.29 is 14.3 Å². The minimum absolute atomic E-state index is 0.0574. The minimum Gasteiger partial charge on any atom is -0.450 e. The molecule has 1 N–H and O–H groups in total. The van der Waals surface area contributed by atoms with Gasteiger partial charge < -0.3 is 15.0 Å². The molecule has 0 unspecified atom stereocenters. The Labute approximate surface area is 171 Å². The molecule has 7 nitrogen and oxygen atoms in total. The number of benzene rings is 1. The van der Waals surface area contributed by atoms with Gasteiger partial charge in [-0.1, -0.05) is 18.2 Å². The van der Waals surface area contributed by atoms with Crippen molar-refractivity contribution in [3.8, 4) is 5.69 Å². The van der Waals surface area contributed by atoms with E-state index in [0.717, 1.165) is 42.6 Å². The summed E-state index contributed by atoms with van der Waals surface area (Å²) in [6.07, 6.45) is 5.08. The molecule has 0 spiro atoms. The summed E-state index contributed by atoms with van der Waals surface area (Å²) in [6.45, 7) is 5.44. The van der Waals surface area contributed by atoms with Crippen molar-refractivity contribution in [2.45, 2.75) is 51.5 Å². The van der Waals surface area contributed by atoms with Crippen molar-refractivity contribution in [1.82, 2.24) is 20.0 Å². The summed E-state index contributed by atoms with van der Waals surface area (Å²) in [5.74, 6) is 0.324. The van der Waals surface area contributed by atoms with Gasteiger partial charge in [0.2, 0.25) is 0 Å². The molecule has 4 rings (SSSR count). The third-order valence-corrected chi connectivity index (χ3v) is 5.71. The van der Waals surface area contributed by atoms with Crippen LogP contribution in [0.2, 0.25) is 0 Å². The van der Waals surface area contributed by atoms with Crippen molar-refractivity contribution in [1.29, 1.82) is 0 Å². The second-order valence-corrected chi connectivity index (χ2v) is 7.85. The first-order valence-electron chi connectivity index (χ1n) is 10.4. The molecule has 2 aromatic rings. The van der Waals surface area contributed by atoms with E-state index in [1.54, 1.807) is 18.0 Å². The van der Waals surface area contributed by atoms with Crippen LogP contribution >= 0.6 is 0 Å². The Morgan fingerprint density at radius 3 is 2.55 bits per heavy atom. The molecular weight excluding hydrogens is 368 g/mol. The summed E-state index contributed by atoms with van der Waals surface area (Å²) >= 11 is 0. The van der Waals surface area contributed by atoms with E-state index in [-0.39, 0.29) is 18.0 Å².